The van der Waals surface area contributed by atoms with Gasteiger partial charge in [0.2, 0.25) is 0 Å². The largest absolute Gasteiger partial charge is 0.394 e. The van der Waals surface area contributed by atoms with Gasteiger partial charge in [-0.15, -0.1) is 0 Å². The Labute approximate surface area is 108 Å². The Morgan fingerprint density at radius 1 is 1.39 bits per heavy atom. The maximum atomic E-state index is 9.77. The van der Waals surface area contributed by atoms with Crippen molar-refractivity contribution in [2.45, 2.75) is 31.3 Å². The van der Waals surface area contributed by atoms with Gasteiger partial charge >= 0.3 is 0 Å². The van der Waals surface area contributed by atoms with E-state index in [-0.39, 0.29) is 12.6 Å². The van der Waals surface area contributed by atoms with E-state index in [1.807, 2.05) is 12.5 Å². The summed E-state index contributed by atoms with van der Waals surface area (Å²) in [5.74, 6) is 0. The molecule has 5 heteroatoms. The smallest absolute Gasteiger partial charge is 0.0951 e. The first-order chi connectivity index (χ1) is 8.90. The molecule has 2 fully saturated rings. The number of nitrogens with zero attached hydrogens (tertiary/aromatic N) is 3. The zero-order valence-corrected chi connectivity index (χ0v) is 10.8. The standard InChI is InChI=1S/C13H22N4O/c18-9-13(16-6-1-4-14-5-7-16)12-8-15-10-17(12)11-2-3-11/h8,10-11,13-14,18H,1-7,9H2. The zero-order valence-electron chi connectivity index (χ0n) is 10.8. The lowest BCUT2D eigenvalue weighted by molar-refractivity contribution is 0.124. The Morgan fingerprint density at radius 2 is 2.28 bits per heavy atom. The van der Waals surface area contributed by atoms with E-state index in [2.05, 4.69) is 19.8 Å². The van der Waals surface area contributed by atoms with Crippen LogP contribution in [0.3, 0.4) is 0 Å². The van der Waals surface area contributed by atoms with Crippen molar-refractivity contribution in [1.82, 2.24) is 19.8 Å². The molecule has 1 saturated carbocycles. The summed E-state index contributed by atoms with van der Waals surface area (Å²) in [7, 11) is 0. The van der Waals surface area contributed by atoms with Crippen LogP contribution < -0.4 is 5.32 Å². The minimum atomic E-state index is 0.105. The van der Waals surface area contributed by atoms with Crippen LogP contribution >= 0.6 is 0 Å². The number of nitrogens with one attached hydrogen (secondary N) is 1. The Kier molecular flexibility index (Phi) is 3.63. The van der Waals surface area contributed by atoms with Crippen LogP contribution in [0.4, 0.5) is 0 Å². The average molecular weight is 250 g/mol. The predicted molar refractivity (Wildman–Crippen MR) is 69.4 cm³/mol. The summed E-state index contributed by atoms with van der Waals surface area (Å²) >= 11 is 0. The number of aliphatic hydroxyl groups excluding tert-OH is 1. The van der Waals surface area contributed by atoms with Crippen molar-refractivity contribution >= 4 is 0 Å². The summed E-state index contributed by atoms with van der Waals surface area (Å²) < 4.78 is 2.26. The van der Waals surface area contributed by atoms with Gasteiger partial charge in [-0.05, 0) is 25.8 Å². The van der Waals surface area contributed by atoms with Gasteiger partial charge in [-0.1, -0.05) is 0 Å². The molecular formula is C13H22N4O. The van der Waals surface area contributed by atoms with Crippen molar-refractivity contribution in [3.63, 3.8) is 0 Å². The van der Waals surface area contributed by atoms with Gasteiger partial charge in [0.15, 0.2) is 0 Å². The fourth-order valence-corrected chi connectivity index (χ4v) is 2.81. The third-order valence-corrected chi connectivity index (χ3v) is 3.97. The molecule has 0 radical (unpaired) electrons. The molecule has 2 N–H and O–H groups in total. The fourth-order valence-electron chi connectivity index (χ4n) is 2.81. The molecule has 0 spiro atoms. The molecule has 1 unspecified atom stereocenters. The first-order valence-electron chi connectivity index (χ1n) is 6.97. The summed E-state index contributed by atoms with van der Waals surface area (Å²) in [6.07, 6.45) is 7.50. The van der Waals surface area contributed by atoms with Crippen LogP contribution in [0.5, 0.6) is 0 Å². The highest BCUT2D eigenvalue weighted by atomic mass is 16.3. The number of hydrogen-bond acceptors (Lipinski definition) is 4. The van der Waals surface area contributed by atoms with Crippen molar-refractivity contribution in [2.24, 2.45) is 0 Å². The van der Waals surface area contributed by atoms with Gasteiger partial charge in [0.25, 0.3) is 0 Å². The van der Waals surface area contributed by atoms with Crippen LogP contribution in [0.15, 0.2) is 12.5 Å². The number of hydrogen-bond donors (Lipinski definition) is 2. The third-order valence-electron chi connectivity index (χ3n) is 3.97. The summed E-state index contributed by atoms with van der Waals surface area (Å²) in [6, 6.07) is 0.731. The van der Waals surface area contributed by atoms with E-state index in [1.165, 1.54) is 18.5 Å². The van der Waals surface area contributed by atoms with Gasteiger partial charge in [0.1, 0.15) is 0 Å². The molecule has 1 aromatic rings. The molecule has 1 aromatic heterocycles. The third kappa shape index (κ3) is 2.43. The van der Waals surface area contributed by atoms with Crippen molar-refractivity contribution in [3.05, 3.63) is 18.2 Å². The van der Waals surface area contributed by atoms with Crippen molar-refractivity contribution < 1.29 is 5.11 Å². The van der Waals surface area contributed by atoms with E-state index in [4.69, 9.17) is 0 Å². The number of aromatic nitrogens is 2. The number of imidazole rings is 1. The summed E-state index contributed by atoms with van der Waals surface area (Å²) in [5, 5.41) is 13.2. The molecule has 0 bridgehead atoms. The number of aliphatic hydroxyl groups is 1. The highest BCUT2D eigenvalue weighted by Crippen LogP contribution is 2.37. The lowest BCUT2D eigenvalue weighted by atomic mass is 10.2. The quantitative estimate of drug-likeness (QED) is 0.819. The van der Waals surface area contributed by atoms with Crippen LogP contribution in [0.25, 0.3) is 0 Å². The van der Waals surface area contributed by atoms with Gasteiger partial charge in [0.05, 0.1) is 24.7 Å². The minimum absolute atomic E-state index is 0.105. The Hall–Kier alpha value is -0.910. The van der Waals surface area contributed by atoms with Gasteiger partial charge in [-0.2, -0.15) is 0 Å². The predicted octanol–water partition coefficient (Wildman–Crippen LogP) is 0.547. The molecule has 2 aliphatic rings. The maximum Gasteiger partial charge on any atom is 0.0951 e. The highest BCUT2D eigenvalue weighted by Gasteiger charge is 2.30. The molecule has 1 aliphatic heterocycles. The molecule has 1 saturated heterocycles. The van der Waals surface area contributed by atoms with Gasteiger partial charge in [-0.25, -0.2) is 4.98 Å². The van der Waals surface area contributed by atoms with E-state index < -0.39 is 0 Å². The molecule has 1 aliphatic carbocycles. The maximum absolute atomic E-state index is 9.77. The van der Waals surface area contributed by atoms with Crippen molar-refractivity contribution in [3.8, 4) is 0 Å². The second-order valence-corrected chi connectivity index (χ2v) is 5.29. The zero-order chi connectivity index (χ0) is 12.4. The van der Waals surface area contributed by atoms with Gasteiger partial charge in [0, 0.05) is 31.9 Å². The SMILES string of the molecule is OCC(c1cncn1C1CC1)N1CCCNCC1. The van der Waals surface area contributed by atoms with Crippen LogP contribution in [0, 0.1) is 0 Å². The fraction of sp³-hybridized carbons (Fsp3) is 0.769. The Bertz CT molecular complexity index is 380. The molecule has 100 valence electrons. The molecule has 2 heterocycles. The summed E-state index contributed by atoms with van der Waals surface area (Å²) in [5.41, 5.74) is 1.18. The Balaban J connectivity index is 1.79. The molecule has 0 aromatic carbocycles. The van der Waals surface area contributed by atoms with Gasteiger partial charge < -0.3 is 15.0 Å². The van der Waals surface area contributed by atoms with E-state index >= 15 is 0 Å². The molecule has 0 amide bonds. The van der Waals surface area contributed by atoms with E-state index in [1.54, 1.807) is 0 Å². The summed E-state index contributed by atoms with van der Waals surface area (Å²) in [4.78, 5) is 6.66. The number of rotatable bonds is 4. The van der Waals surface area contributed by atoms with Crippen LogP contribution in [-0.4, -0.2) is 52.3 Å². The van der Waals surface area contributed by atoms with E-state index in [9.17, 15) is 5.11 Å². The second-order valence-electron chi connectivity index (χ2n) is 5.29. The van der Waals surface area contributed by atoms with Crippen LogP contribution in [-0.2, 0) is 0 Å². The second kappa shape index (κ2) is 5.38. The highest BCUT2D eigenvalue weighted by molar-refractivity contribution is 5.09. The van der Waals surface area contributed by atoms with Crippen LogP contribution in [0.2, 0.25) is 0 Å². The molecule has 18 heavy (non-hydrogen) atoms. The first kappa shape index (κ1) is 12.1. The Morgan fingerprint density at radius 3 is 3.06 bits per heavy atom. The van der Waals surface area contributed by atoms with E-state index in [0.717, 1.165) is 32.6 Å². The summed E-state index contributed by atoms with van der Waals surface area (Å²) in [6.45, 7) is 4.32. The molecule has 5 nitrogen and oxygen atoms in total. The van der Waals surface area contributed by atoms with Crippen molar-refractivity contribution in [2.75, 3.05) is 32.8 Å². The topological polar surface area (TPSA) is 53.3 Å². The molecule has 3 rings (SSSR count). The average Bonchev–Trinajstić information content (AvgIpc) is 3.17. The normalized spacial score (nSPS) is 23.8. The molecular weight excluding hydrogens is 228 g/mol. The minimum Gasteiger partial charge on any atom is -0.394 e. The van der Waals surface area contributed by atoms with Crippen molar-refractivity contribution in [1.29, 1.82) is 0 Å². The molecule has 1 atom stereocenters. The first-order valence-corrected chi connectivity index (χ1v) is 6.97. The van der Waals surface area contributed by atoms with Crippen LogP contribution in [0.1, 0.15) is 37.0 Å². The lowest BCUT2D eigenvalue weighted by Crippen LogP contribution is -2.35. The monoisotopic (exact) mass is 250 g/mol. The van der Waals surface area contributed by atoms with Gasteiger partial charge in [-0.3, -0.25) is 4.90 Å². The lowest BCUT2D eigenvalue weighted by Gasteiger charge is -2.29. The van der Waals surface area contributed by atoms with E-state index in [0.29, 0.717) is 6.04 Å².